The zero-order valence-electron chi connectivity index (χ0n) is 10.7. The number of rotatable bonds is 3. The SMILES string of the molecule is CCOc1ccc(C2CSc3ccc(Br)cc32)cc1. The summed E-state index contributed by atoms with van der Waals surface area (Å²) in [7, 11) is 0. The fourth-order valence-electron chi connectivity index (χ4n) is 2.42. The van der Waals surface area contributed by atoms with Gasteiger partial charge in [-0.2, -0.15) is 0 Å². The Kier molecular flexibility index (Phi) is 3.85. The molecule has 0 saturated heterocycles. The van der Waals surface area contributed by atoms with Crippen LogP contribution in [0.1, 0.15) is 24.0 Å². The van der Waals surface area contributed by atoms with Crippen LogP contribution in [-0.2, 0) is 0 Å². The normalized spacial score (nSPS) is 17.3. The van der Waals surface area contributed by atoms with Gasteiger partial charge in [0.15, 0.2) is 0 Å². The van der Waals surface area contributed by atoms with Crippen molar-refractivity contribution in [1.29, 1.82) is 0 Å². The second-order valence-electron chi connectivity index (χ2n) is 4.55. The molecule has 3 rings (SSSR count). The van der Waals surface area contributed by atoms with Crippen molar-refractivity contribution in [1.82, 2.24) is 0 Å². The van der Waals surface area contributed by atoms with E-state index in [1.807, 2.05) is 18.7 Å². The van der Waals surface area contributed by atoms with Crippen LogP contribution >= 0.6 is 27.7 Å². The van der Waals surface area contributed by atoms with E-state index in [1.165, 1.54) is 16.0 Å². The number of hydrogen-bond donors (Lipinski definition) is 0. The third kappa shape index (κ3) is 2.67. The van der Waals surface area contributed by atoms with Crippen molar-refractivity contribution < 1.29 is 4.74 Å². The minimum absolute atomic E-state index is 0.494. The van der Waals surface area contributed by atoms with Gasteiger partial charge in [0.2, 0.25) is 0 Å². The average molecular weight is 335 g/mol. The van der Waals surface area contributed by atoms with Crippen molar-refractivity contribution in [2.45, 2.75) is 17.7 Å². The van der Waals surface area contributed by atoms with E-state index in [-0.39, 0.29) is 0 Å². The largest absolute Gasteiger partial charge is 0.494 e. The molecule has 1 atom stereocenters. The molecule has 2 aromatic rings. The highest BCUT2D eigenvalue weighted by Crippen LogP contribution is 2.44. The predicted octanol–water partition coefficient (Wildman–Crippen LogP) is 5.09. The minimum atomic E-state index is 0.494. The molecule has 0 N–H and O–H groups in total. The summed E-state index contributed by atoms with van der Waals surface area (Å²) >= 11 is 5.51. The van der Waals surface area contributed by atoms with Crippen molar-refractivity contribution in [2.24, 2.45) is 0 Å². The van der Waals surface area contributed by atoms with Gasteiger partial charge in [0.25, 0.3) is 0 Å². The van der Waals surface area contributed by atoms with Gasteiger partial charge in [-0.3, -0.25) is 0 Å². The van der Waals surface area contributed by atoms with Crippen molar-refractivity contribution >= 4 is 27.7 Å². The lowest BCUT2D eigenvalue weighted by Crippen LogP contribution is -1.99. The van der Waals surface area contributed by atoms with Gasteiger partial charge in [0, 0.05) is 21.0 Å². The van der Waals surface area contributed by atoms with Gasteiger partial charge in [-0.25, -0.2) is 0 Å². The molecule has 0 spiro atoms. The number of benzene rings is 2. The molecule has 1 unspecified atom stereocenters. The summed E-state index contributed by atoms with van der Waals surface area (Å²) in [5, 5.41) is 0. The number of hydrogen-bond acceptors (Lipinski definition) is 2. The van der Waals surface area contributed by atoms with Crippen molar-refractivity contribution in [3.63, 3.8) is 0 Å². The number of halogens is 1. The Morgan fingerprint density at radius 3 is 2.74 bits per heavy atom. The van der Waals surface area contributed by atoms with Crippen LogP contribution in [0.25, 0.3) is 0 Å². The van der Waals surface area contributed by atoms with Crippen LogP contribution in [0.2, 0.25) is 0 Å². The molecule has 2 aromatic carbocycles. The minimum Gasteiger partial charge on any atom is -0.494 e. The molecule has 0 aromatic heterocycles. The van der Waals surface area contributed by atoms with Crippen LogP contribution in [-0.4, -0.2) is 12.4 Å². The first-order chi connectivity index (χ1) is 9.28. The number of thioether (sulfide) groups is 1. The quantitative estimate of drug-likeness (QED) is 0.773. The lowest BCUT2D eigenvalue weighted by molar-refractivity contribution is 0.340. The summed E-state index contributed by atoms with van der Waals surface area (Å²) in [5.41, 5.74) is 2.80. The lowest BCUT2D eigenvalue weighted by Gasteiger charge is -2.12. The molecular weight excluding hydrogens is 320 g/mol. The van der Waals surface area contributed by atoms with Gasteiger partial charge in [0.1, 0.15) is 5.75 Å². The first-order valence-corrected chi connectivity index (χ1v) is 8.21. The third-order valence-electron chi connectivity index (χ3n) is 3.35. The van der Waals surface area contributed by atoms with Gasteiger partial charge < -0.3 is 4.74 Å². The van der Waals surface area contributed by atoms with E-state index in [0.29, 0.717) is 12.5 Å². The van der Waals surface area contributed by atoms with E-state index in [4.69, 9.17) is 4.74 Å². The van der Waals surface area contributed by atoms with E-state index in [1.54, 1.807) is 0 Å². The van der Waals surface area contributed by atoms with Gasteiger partial charge in [0.05, 0.1) is 6.61 Å². The first kappa shape index (κ1) is 13.1. The third-order valence-corrected chi connectivity index (χ3v) is 5.02. The number of ether oxygens (including phenoxy) is 1. The molecule has 0 amide bonds. The van der Waals surface area contributed by atoms with Gasteiger partial charge >= 0.3 is 0 Å². The molecule has 0 fully saturated rings. The molecule has 1 nitrogen and oxygen atoms in total. The van der Waals surface area contributed by atoms with Crippen molar-refractivity contribution in [3.05, 3.63) is 58.1 Å². The van der Waals surface area contributed by atoms with E-state index < -0.39 is 0 Å². The highest BCUT2D eigenvalue weighted by atomic mass is 79.9. The van der Waals surface area contributed by atoms with Crippen LogP contribution in [0.3, 0.4) is 0 Å². The Balaban J connectivity index is 1.90. The lowest BCUT2D eigenvalue weighted by atomic mass is 9.93. The summed E-state index contributed by atoms with van der Waals surface area (Å²) in [6.45, 7) is 2.73. The van der Waals surface area contributed by atoms with E-state index in [0.717, 1.165) is 16.0 Å². The highest BCUT2D eigenvalue weighted by molar-refractivity contribution is 9.10. The highest BCUT2D eigenvalue weighted by Gasteiger charge is 2.24. The monoisotopic (exact) mass is 334 g/mol. The Morgan fingerprint density at radius 2 is 2.00 bits per heavy atom. The van der Waals surface area contributed by atoms with Gasteiger partial charge in [-0.15, -0.1) is 11.8 Å². The van der Waals surface area contributed by atoms with Crippen molar-refractivity contribution in [2.75, 3.05) is 12.4 Å². The molecule has 1 heterocycles. The summed E-state index contributed by atoms with van der Waals surface area (Å²) < 4.78 is 6.66. The molecule has 1 aliphatic rings. The Hall–Kier alpha value is -0.930. The topological polar surface area (TPSA) is 9.23 Å². The first-order valence-electron chi connectivity index (χ1n) is 6.43. The molecule has 0 radical (unpaired) electrons. The fraction of sp³-hybridized carbons (Fsp3) is 0.250. The Labute approximate surface area is 126 Å². The van der Waals surface area contributed by atoms with Crippen LogP contribution in [0, 0.1) is 0 Å². The molecule has 0 bridgehead atoms. The maximum atomic E-state index is 5.50. The van der Waals surface area contributed by atoms with Gasteiger partial charge in [-0.1, -0.05) is 28.1 Å². The number of fused-ring (bicyclic) bond motifs is 1. The molecule has 3 heteroatoms. The fourth-order valence-corrected chi connectivity index (χ4v) is 4.05. The van der Waals surface area contributed by atoms with E-state index in [9.17, 15) is 0 Å². The Bertz CT molecular complexity index is 580. The Morgan fingerprint density at radius 1 is 1.21 bits per heavy atom. The predicted molar refractivity (Wildman–Crippen MR) is 84.3 cm³/mol. The smallest absolute Gasteiger partial charge is 0.119 e. The van der Waals surface area contributed by atoms with E-state index >= 15 is 0 Å². The summed E-state index contributed by atoms with van der Waals surface area (Å²) in [5.74, 6) is 2.57. The molecule has 0 saturated carbocycles. The molecule has 0 aliphatic carbocycles. The van der Waals surface area contributed by atoms with Crippen LogP contribution < -0.4 is 4.74 Å². The van der Waals surface area contributed by atoms with Crippen LogP contribution in [0.15, 0.2) is 51.8 Å². The summed E-state index contributed by atoms with van der Waals surface area (Å²) in [6, 6.07) is 15.1. The van der Waals surface area contributed by atoms with Crippen LogP contribution in [0.5, 0.6) is 5.75 Å². The molecule has 19 heavy (non-hydrogen) atoms. The zero-order chi connectivity index (χ0) is 13.2. The van der Waals surface area contributed by atoms with Crippen molar-refractivity contribution in [3.8, 4) is 5.75 Å². The summed E-state index contributed by atoms with van der Waals surface area (Å²) in [4.78, 5) is 1.40. The molecular formula is C16H15BrOS. The van der Waals surface area contributed by atoms with Gasteiger partial charge in [-0.05, 0) is 48.4 Å². The van der Waals surface area contributed by atoms with Crippen LogP contribution in [0.4, 0.5) is 0 Å². The zero-order valence-corrected chi connectivity index (χ0v) is 13.1. The standard InChI is InChI=1S/C16H15BrOS/c1-2-18-13-6-3-11(4-7-13)15-10-19-16-8-5-12(17)9-14(15)16/h3-9,15H,2,10H2,1H3. The second-order valence-corrected chi connectivity index (χ2v) is 6.53. The molecule has 98 valence electrons. The maximum Gasteiger partial charge on any atom is 0.119 e. The van der Waals surface area contributed by atoms with E-state index in [2.05, 4.69) is 58.4 Å². The maximum absolute atomic E-state index is 5.50. The summed E-state index contributed by atoms with van der Waals surface area (Å²) in [6.07, 6.45) is 0. The molecule has 1 aliphatic heterocycles. The second kappa shape index (κ2) is 5.59. The average Bonchev–Trinajstić information content (AvgIpc) is 2.83.